The van der Waals surface area contributed by atoms with Gasteiger partial charge in [-0.05, 0) is 44.4 Å². The molecule has 92 valence electrons. The Balaban J connectivity index is 2.32. The monoisotopic (exact) mass is 232 g/mol. The van der Waals surface area contributed by atoms with Crippen LogP contribution in [0.25, 0.3) is 0 Å². The fourth-order valence-electron chi connectivity index (χ4n) is 2.61. The van der Waals surface area contributed by atoms with E-state index in [9.17, 15) is 4.79 Å². The first-order valence-corrected chi connectivity index (χ1v) is 6.36. The van der Waals surface area contributed by atoms with Gasteiger partial charge in [-0.1, -0.05) is 6.92 Å². The second-order valence-corrected chi connectivity index (χ2v) is 4.93. The molecule has 1 atom stereocenters. The number of pyridine rings is 1. The van der Waals surface area contributed by atoms with Crippen molar-refractivity contribution in [2.75, 3.05) is 13.1 Å². The summed E-state index contributed by atoms with van der Waals surface area (Å²) in [7, 11) is 0. The Labute approximate surface area is 103 Å². The van der Waals surface area contributed by atoms with Gasteiger partial charge in [0.15, 0.2) is 5.78 Å². The van der Waals surface area contributed by atoms with Crippen LogP contribution in [0.5, 0.6) is 0 Å². The number of carbonyl (C=O) groups is 1. The van der Waals surface area contributed by atoms with Gasteiger partial charge >= 0.3 is 0 Å². The Morgan fingerprint density at radius 3 is 3.00 bits per heavy atom. The van der Waals surface area contributed by atoms with Crippen molar-refractivity contribution in [3.63, 3.8) is 0 Å². The van der Waals surface area contributed by atoms with Crippen LogP contribution in [0.4, 0.5) is 0 Å². The maximum Gasteiger partial charge on any atom is 0.172 e. The van der Waals surface area contributed by atoms with Gasteiger partial charge in [-0.3, -0.25) is 9.78 Å². The predicted octanol–water partition coefficient (Wildman–Crippen LogP) is 2.35. The van der Waals surface area contributed by atoms with Crippen molar-refractivity contribution in [1.29, 1.82) is 0 Å². The molecule has 2 rings (SSSR count). The van der Waals surface area contributed by atoms with Crippen molar-refractivity contribution in [1.82, 2.24) is 10.3 Å². The second kappa shape index (κ2) is 4.96. The number of Topliss-reactive ketones (excluding diaryl/α,β-unsaturated/α-hetero) is 1. The van der Waals surface area contributed by atoms with Crippen molar-refractivity contribution in [2.45, 2.75) is 33.1 Å². The number of hydrogen-bond donors (Lipinski definition) is 1. The van der Waals surface area contributed by atoms with Gasteiger partial charge in [-0.25, -0.2) is 0 Å². The van der Waals surface area contributed by atoms with Gasteiger partial charge in [0.1, 0.15) is 0 Å². The smallest absolute Gasteiger partial charge is 0.172 e. The molecule has 1 aromatic heterocycles. The average molecular weight is 232 g/mol. The molecule has 0 aromatic carbocycles. The summed E-state index contributed by atoms with van der Waals surface area (Å²) in [4.78, 5) is 16.8. The highest BCUT2D eigenvalue weighted by molar-refractivity contribution is 6.01. The first kappa shape index (κ1) is 12.2. The van der Waals surface area contributed by atoms with Crippen molar-refractivity contribution in [3.8, 4) is 0 Å². The molecule has 0 aliphatic carbocycles. The van der Waals surface area contributed by atoms with E-state index in [-0.39, 0.29) is 11.2 Å². The number of piperidine rings is 1. The maximum absolute atomic E-state index is 12.7. The molecule has 0 saturated carbocycles. The van der Waals surface area contributed by atoms with Crippen molar-refractivity contribution in [2.24, 2.45) is 5.41 Å². The third kappa shape index (κ3) is 2.25. The normalized spacial score (nSPS) is 24.6. The highest BCUT2D eigenvalue weighted by atomic mass is 16.1. The van der Waals surface area contributed by atoms with Gasteiger partial charge in [-0.2, -0.15) is 0 Å². The predicted molar refractivity (Wildman–Crippen MR) is 68.1 cm³/mol. The van der Waals surface area contributed by atoms with Crippen LogP contribution in [0, 0.1) is 12.3 Å². The zero-order chi connectivity index (χ0) is 12.3. The Kier molecular flexibility index (Phi) is 3.57. The molecule has 1 aliphatic heterocycles. The standard InChI is InChI=1S/C14H20N2O/c1-3-14(6-4-7-16-10-14)13(17)12-9-15-8-5-11(12)2/h5,8-9,16H,3-4,6-7,10H2,1-2H3. The van der Waals surface area contributed by atoms with E-state index in [4.69, 9.17) is 0 Å². The molecule has 0 amide bonds. The fourth-order valence-corrected chi connectivity index (χ4v) is 2.61. The minimum Gasteiger partial charge on any atom is -0.316 e. The summed E-state index contributed by atoms with van der Waals surface area (Å²) < 4.78 is 0. The van der Waals surface area contributed by atoms with Gasteiger partial charge in [0.2, 0.25) is 0 Å². The van der Waals surface area contributed by atoms with Gasteiger partial charge in [-0.15, -0.1) is 0 Å². The lowest BCUT2D eigenvalue weighted by molar-refractivity contribution is 0.0729. The van der Waals surface area contributed by atoms with E-state index in [1.807, 2.05) is 13.0 Å². The van der Waals surface area contributed by atoms with Crippen LogP contribution in [-0.2, 0) is 0 Å². The summed E-state index contributed by atoms with van der Waals surface area (Å²) in [6, 6.07) is 1.91. The third-order valence-electron chi connectivity index (χ3n) is 3.91. The molecule has 3 nitrogen and oxygen atoms in total. The van der Waals surface area contributed by atoms with E-state index >= 15 is 0 Å². The fraction of sp³-hybridized carbons (Fsp3) is 0.571. The Morgan fingerprint density at radius 2 is 2.41 bits per heavy atom. The molecule has 2 heterocycles. The minimum absolute atomic E-state index is 0.216. The molecule has 1 N–H and O–H groups in total. The number of rotatable bonds is 3. The van der Waals surface area contributed by atoms with E-state index in [0.29, 0.717) is 0 Å². The lowest BCUT2D eigenvalue weighted by Crippen LogP contribution is -2.45. The largest absolute Gasteiger partial charge is 0.316 e. The molecular weight excluding hydrogens is 212 g/mol. The summed E-state index contributed by atoms with van der Waals surface area (Å²) in [5.74, 6) is 0.262. The number of aromatic nitrogens is 1. The molecule has 3 heteroatoms. The van der Waals surface area contributed by atoms with E-state index in [1.165, 1.54) is 0 Å². The van der Waals surface area contributed by atoms with Crippen LogP contribution in [0.1, 0.15) is 42.1 Å². The van der Waals surface area contributed by atoms with E-state index in [0.717, 1.165) is 43.5 Å². The van der Waals surface area contributed by atoms with Crippen LogP contribution < -0.4 is 5.32 Å². The molecule has 1 aromatic rings. The first-order chi connectivity index (χ1) is 8.19. The number of nitrogens with zero attached hydrogens (tertiary/aromatic N) is 1. The number of aryl methyl sites for hydroxylation is 1. The Bertz CT molecular complexity index is 408. The minimum atomic E-state index is -0.216. The molecular formula is C14H20N2O. The molecule has 0 spiro atoms. The van der Waals surface area contributed by atoms with Crippen LogP contribution in [0.2, 0.25) is 0 Å². The van der Waals surface area contributed by atoms with Crippen LogP contribution in [-0.4, -0.2) is 23.9 Å². The lowest BCUT2D eigenvalue weighted by atomic mass is 9.72. The third-order valence-corrected chi connectivity index (χ3v) is 3.91. The number of nitrogens with one attached hydrogen (secondary N) is 1. The SMILES string of the molecule is CCC1(C(=O)c2cnccc2C)CCCNC1. The van der Waals surface area contributed by atoms with E-state index in [2.05, 4.69) is 17.2 Å². The van der Waals surface area contributed by atoms with Crippen LogP contribution in [0.15, 0.2) is 18.5 Å². The second-order valence-electron chi connectivity index (χ2n) is 4.93. The Hall–Kier alpha value is -1.22. The highest BCUT2D eigenvalue weighted by Crippen LogP contribution is 2.34. The van der Waals surface area contributed by atoms with E-state index in [1.54, 1.807) is 12.4 Å². The van der Waals surface area contributed by atoms with Crippen molar-refractivity contribution in [3.05, 3.63) is 29.6 Å². The van der Waals surface area contributed by atoms with Gasteiger partial charge in [0, 0.05) is 29.9 Å². The molecule has 1 unspecified atom stereocenters. The molecule has 1 saturated heterocycles. The molecule has 0 bridgehead atoms. The topological polar surface area (TPSA) is 42.0 Å². The van der Waals surface area contributed by atoms with Crippen LogP contribution >= 0.6 is 0 Å². The van der Waals surface area contributed by atoms with Gasteiger partial charge in [0.05, 0.1) is 0 Å². The number of carbonyl (C=O) groups excluding carboxylic acids is 1. The van der Waals surface area contributed by atoms with Gasteiger partial charge < -0.3 is 5.32 Å². The molecule has 1 fully saturated rings. The summed E-state index contributed by atoms with van der Waals surface area (Å²) in [6.07, 6.45) is 6.42. The molecule has 17 heavy (non-hydrogen) atoms. The Morgan fingerprint density at radius 1 is 1.59 bits per heavy atom. The quantitative estimate of drug-likeness (QED) is 0.813. The molecule has 1 aliphatic rings. The maximum atomic E-state index is 12.7. The summed E-state index contributed by atoms with van der Waals surface area (Å²) >= 11 is 0. The van der Waals surface area contributed by atoms with Crippen LogP contribution in [0.3, 0.4) is 0 Å². The summed E-state index contributed by atoms with van der Waals surface area (Å²) in [5.41, 5.74) is 1.60. The van der Waals surface area contributed by atoms with Crippen molar-refractivity contribution >= 4 is 5.78 Å². The highest BCUT2D eigenvalue weighted by Gasteiger charge is 2.38. The van der Waals surface area contributed by atoms with Crippen molar-refractivity contribution < 1.29 is 4.79 Å². The average Bonchev–Trinajstić information content (AvgIpc) is 2.39. The first-order valence-electron chi connectivity index (χ1n) is 6.36. The number of ketones is 1. The summed E-state index contributed by atoms with van der Waals surface area (Å²) in [5, 5.41) is 3.36. The molecule has 0 radical (unpaired) electrons. The van der Waals surface area contributed by atoms with E-state index < -0.39 is 0 Å². The van der Waals surface area contributed by atoms with Gasteiger partial charge in [0.25, 0.3) is 0 Å². The lowest BCUT2D eigenvalue weighted by Gasteiger charge is -2.35. The zero-order valence-electron chi connectivity index (χ0n) is 10.6. The zero-order valence-corrected chi connectivity index (χ0v) is 10.6. The number of hydrogen-bond acceptors (Lipinski definition) is 3. The summed E-state index contributed by atoms with van der Waals surface area (Å²) in [6.45, 7) is 5.92.